The predicted molar refractivity (Wildman–Crippen MR) is 68.8 cm³/mol. The molecular formula is C13H27N3. The Morgan fingerprint density at radius 3 is 2.44 bits per heavy atom. The van der Waals surface area contributed by atoms with E-state index in [1.54, 1.807) is 0 Å². The molecule has 0 aromatic heterocycles. The molecule has 94 valence electrons. The van der Waals surface area contributed by atoms with E-state index in [4.69, 9.17) is 0 Å². The third kappa shape index (κ3) is 3.44. The zero-order chi connectivity index (χ0) is 11.4. The van der Waals surface area contributed by atoms with E-state index in [1.165, 1.54) is 58.5 Å². The minimum Gasteiger partial charge on any atom is -0.313 e. The summed E-state index contributed by atoms with van der Waals surface area (Å²) in [5, 5.41) is 3.65. The van der Waals surface area contributed by atoms with E-state index in [-0.39, 0.29) is 0 Å². The lowest BCUT2D eigenvalue weighted by Crippen LogP contribution is -2.52. The predicted octanol–water partition coefficient (Wildman–Crippen LogP) is 1.15. The van der Waals surface area contributed by atoms with Crippen LogP contribution in [0.2, 0.25) is 0 Å². The van der Waals surface area contributed by atoms with Gasteiger partial charge in [-0.25, -0.2) is 0 Å². The van der Waals surface area contributed by atoms with E-state index in [2.05, 4.69) is 29.0 Å². The van der Waals surface area contributed by atoms with Gasteiger partial charge in [-0.05, 0) is 33.2 Å². The molecule has 2 aliphatic rings. The number of piperidine rings is 1. The van der Waals surface area contributed by atoms with E-state index in [1.807, 2.05) is 0 Å². The standard InChI is InChI=1S/C13H27N3/c1-12(2)16-9-7-15(8-10-16)11-13-5-3-4-6-14-13/h12-14H,3-11H2,1-2H3. The Bertz CT molecular complexity index is 191. The average molecular weight is 225 g/mol. The maximum Gasteiger partial charge on any atom is 0.0195 e. The zero-order valence-electron chi connectivity index (χ0n) is 10.9. The number of nitrogens with zero attached hydrogens (tertiary/aromatic N) is 2. The maximum atomic E-state index is 3.65. The summed E-state index contributed by atoms with van der Waals surface area (Å²) in [5.74, 6) is 0. The third-order valence-corrected chi connectivity index (χ3v) is 4.03. The van der Waals surface area contributed by atoms with Crippen LogP contribution in [-0.4, -0.2) is 61.2 Å². The molecule has 2 fully saturated rings. The van der Waals surface area contributed by atoms with Crippen LogP contribution >= 0.6 is 0 Å². The van der Waals surface area contributed by atoms with E-state index >= 15 is 0 Å². The van der Waals surface area contributed by atoms with Gasteiger partial charge < -0.3 is 5.32 Å². The molecule has 0 spiro atoms. The van der Waals surface area contributed by atoms with Crippen molar-refractivity contribution < 1.29 is 0 Å². The van der Waals surface area contributed by atoms with Crippen LogP contribution in [0.5, 0.6) is 0 Å². The van der Waals surface area contributed by atoms with Gasteiger partial charge in [-0.2, -0.15) is 0 Å². The summed E-state index contributed by atoms with van der Waals surface area (Å²) < 4.78 is 0. The smallest absolute Gasteiger partial charge is 0.0195 e. The third-order valence-electron chi connectivity index (χ3n) is 4.03. The Hall–Kier alpha value is -0.120. The minimum atomic E-state index is 0.718. The van der Waals surface area contributed by atoms with Crippen molar-refractivity contribution in [3.05, 3.63) is 0 Å². The lowest BCUT2D eigenvalue weighted by atomic mass is 10.0. The van der Waals surface area contributed by atoms with Crippen LogP contribution in [0.15, 0.2) is 0 Å². The van der Waals surface area contributed by atoms with Gasteiger partial charge in [0, 0.05) is 44.8 Å². The lowest BCUT2D eigenvalue weighted by molar-refractivity contribution is 0.0981. The fourth-order valence-corrected chi connectivity index (χ4v) is 2.85. The second-order valence-electron chi connectivity index (χ2n) is 5.58. The topological polar surface area (TPSA) is 18.5 Å². The van der Waals surface area contributed by atoms with Gasteiger partial charge in [-0.15, -0.1) is 0 Å². The van der Waals surface area contributed by atoms with Gasteiger partial charge in [0.25, 0.3) is 0 Å². The Balaban J connectivity index is 1.68. The van der Waals surface area contributed by atoms with Gasteiger partial charge in [-0.3, -0.25) is 9.80 Å². The zero-order valence-corrected chi connectivity index (χ0v) is 10.9. The van der Waals surface area contributed by atoms with Crippen LogP contribution in [0, 0.1) is 0 Å². The molecule has 0 bridgehead atoms. The summed E-state index contributed by atoms with van der Waals surface area (Å²) in [6.45, 7) is 12.1. The number of hydrogen-bond donors (Lipinski definition) is 1. The molecule has 2 heterocycles. The molecule has 0 saturated carbocycles. The first kappa shape index (κ1) is 12.3. The highest BCUT2D eigenvalue weighted by molar-refractivity contribution is 4.80. The molecule has 3 nitrogen and oxygen atoms in total. The number of piperazine rings is 1. The average Bonchev–Trinajstić information content (AvgIpc) is 2.31. The van der Waals surface area contributed by atoms with Crippen molar-refractivity contribution in [2.75, 3.05) is 39.3 Å². The summed E-state index contributed by atoms with van der Waals surface area (Å²) >= 11 is 0. The molecule has 0 aliphatic carbocycles. The molecule has 1 N–H and O–H groups in total. The molecule has 16 heavy (non-hydrogen) atoms. The van der Waals surface area contributed by atoms with Gasteiger partial charge in [-0.1, -0.05) is 6.42 Å². The molecule has 0 aromatic rings. The Morgan fingerprint density at radius 2 is 1.88 bits per heavy atom. The minimum absolute atomic E-state index is 0.718. The number of rotatable bonds is 3. The van der Waals surface area contributed by atoms with Gasteiger partial charge in [0.15, 0.2) is 0 Å². The van der Waals surface area contributed by atoms with Crippen LogP contribution < -0.4 is 5.32 Å². The van der Waals surface area contributed by atoms with Crippen molar-refractivity contribution >= 4 is 0 Å². The van der Waals surface area contributed by atoms with Crippen LogP contribution in [0.3, 0.4) is 0 Å². The molecule has 1 atom stereocenters. The summed E-state index contributed by atoms with van der Waals surface area (Å²) in [5.41, 5.74) is 0. The molecule has 1 unspecified atom stereocenters. The van der Waals surface area contributed by atoms with E-state index in [0.29, 0.717) is 0 Å². The summed E-state index contributed by atoms with van der Waals surface area (Å²) in [6.07, 6.45) is 4.17. The van der Waals surface area contributed by atoms with Gasteiger partial charge in [0.05, 0.1) is 0 Å². The largest absolute Gasteiger partial charge is 0.313 e. The van der Waals surface area contributed by atoms with Crippen LogP contribution in [0.4, 0.5) is 0 Å². The highest BCUT2D eigenvalue weighted by Gasteiger charge is 2.21. The first-order valence-corrected chi connectivity index (χ1v) is 6.95. The molecule has 2 aliphatic heterocycles. The normalized spacial score (nSPS) is 29.8. The van der Waals surface area contributed by atoms with Gasteiger partial charge in [0.2, 0.25) is 0 Å². The Kier molecular flexibility index (Phi) is 4.62. The van der Waals surface area contributed by atoms with Crippen LogP contribution in [0.1, 0.15) is 33.1 Å². The second-order valence-corrected chi connectivity index (χ2v) is 5.58. The molecule has 2 rings (SSSR count). The SMILES string of the molecule is CC(C)N1CCN(CC2CCCCN2)CC1. The molecule has 0 amide bonds. The van der Waals surface area contributed by atoms with E-state index in [0.717, 1.165) is 12.1 Å². The molecular weight excluding hydrogens is 198 g/mol. The first-order valence-electron chi connectivity index (χ1n) is 6.95. The van der Waals surface area contributed by atoms with Gasteiger partial charge >= 0.3 is 0 Å². The van der Waals surface area contributed by atoms with E-state index in [9.17, 15) is 0 Å². The molecule has 3 heteroatoms. The quantitative estimate of drug-likeness (QED) is 0.777. The van der Waals surface area contributed by atoms with Crippen molar-refractivity contribution in [1.29, 1.82) is 0 Å². The van der Waals surface area contributed by atoms with Crippen LogP contribution in [-0.2, 0) is 0 Å². The fourth-order valence-electron chi connectivity index (χ4n) is 2.85. The number of nitrogens with one attached hydrogen (secondary N) is 1. The molecule has 0 aromatic carbocycles. The Morgan fingerprint density at radius 1 is 1.12 bits per heavy atom. The fraction of sp³-hybridized carbons (Fsp3) is 1.00. The summed E-state index contributed by atoms with van der Waals surface area (Å²) in [7, 11) is 0. The Labute approximate surface area is 100 Å². The van der Waals surface area contributed by atoms with Gasteiger partial charge in [0.1, 0.15) is 0 Å². The van der Waals surface area contributed by atoms with Crippen molar-refractivity contribution in [1.82, 2.24) is 15.1 Å². The molecule has 2 saturated heterocycles. The van der Waals surface area contributed by atoms with Crippen molar-refractivity contribution in [2.24, 2.45) is 0 Å². The first-order chi connectivity index (χ1) is 7.75. The lowest BCUT2D eigenvalue weighted by Gasteiger charge is -2.39. The summed E-state index contributed by atoms with van der Waals surface area (Å²) in [4.78, 5) is 5.23. The van der Waals surface area contributed by atoms with Crippen molar-refractivity contribution in [3.8, 4) is 0 Å². The van der Waals surface area contributed by atoms with E-state index < -0.39 is 0 Å². The number of hydrogen-bond acceptors (Lipinski definition) is 3. The van der Waals surface area contributed by atoms with Crippen LogP contribution in [0.25, 0.3) is 0 Å². The van der Waals surface area contributed by atoms with Crippen molar-refractivity contribution in [2.45, 2.75) is 45.2 Å². The monoisotopic (exact) mass is 225 g/mol. The maximum absolute atomic E-state index is 3.65. The summed E-state index contributed by atoms with van der Waals surface area (Å²) in [6, 6.07) is 1.48. The highest BCUT2D eigenvalue weighted by Crippen LogP contribution is 2.11. The van der Waals surface area contributed by atoms with Crippen molar-refractivity contribution in [3.63, 3.8) is 0 Å². The highest BCUT2D eigenvalue weighted by atomic mass is 15.3. The second kappa shape index (κ2) is 5.99. The molecule has 0 radical (unpaired) electrons.